The highest BCUT2D eigenvalue weighted by molar-refractivity contribution is 6.31. The molecule has 0 aromatic heterocycles. The van der Waals surface area contributed by atoms with Crippen molar-refractivity contribution in [2.75, 3.05) is 19.7 Å². The van der Waals surface area contributed by atoms with Crippen molar-refractivity contribution in [3.05, 3.63) is 176 Å². The minimum absolute atomic E-state index is 0.0480. The summed E-state index contributed by atoms with van der Waals surface area (Å²) >= 11 is 18.7. The van der Waals surface area contributed by atoms with Gasteiger partial charge in [0.1, 0.15) is 13.2 Å². The first-order valence-corrected chi connectivity index (χ1v) is 16.4. The second-order valence-corrected chi connectivity index (χ2v) is 12.5. The van der Waals surface area contributed by atoms with E-state index in [0.29, 0.717) is 15.1 Å². The van der Waals surface area contributed by atoms with Crippen LogP contribution in [0.1, 0.15) is 40.2 Å². The summed E-state index contributed by atoms with van der Waals surface area (Å²) in [5, 5.41) is 6.92. The lowest BCUT2D eigenvalue weighted by Gasteiger charge is -2.35. The maximum absolute atomic E-state index is 13.6. The quantitative estimate of drug-likeness (QED) is 0.0965. The molecule has 5 aromatic rings. The van der Waals surface area contributed by atoms with Gasteiger partial charge in [-0.25, -0.2) is 0 Å². The van der Waals surface area contributed by atoms with Gasteiger partial charge in [-0.3, -0.25) is 14.4 Å². The molecular weight excluding hydrogens is 667 g/mol. The van der Waals surface area contributed by atoms with Gasteiger partial charge >= 0.3 is 5.97 Å². The molecule has 9 heteroatoms. The zero-order valence-corrected chi connectivity index (χ0v) is 28.1. The molecule has 2 N–H and O–H groups in total. The normalized spacial score (nSPS) is 11.2. The van der Waals surface area contributed by atoms with Crippen LogP contribution in [0, 0.1) is 0 Å². The molecule has 5 rings (SSSR count). The fraction of sp³-hybridized carbons (Fsp3) is 0.154. The van der Waals surface area contributed by atoms with Crippen molar-refractivity contribution in [3.8, 4) is 0 Å². The molecule has 48 heavy (non-hydrogen) atoms. The number of benzene rings is 5. The van der Waals surface area contributed by atoms with Crippen molar-refractivity contribution in [1.82, 2.24) is 10.6 Å². The van der Waals surface area contributed by atoms with Crippen LogP contribution in [0.4, 0.5) is 0 Å². The monoisotopic (exact) mass is 698 g/mol. The second-order valence-electron chi connectivity index (χ2n) is 11.2. The van der Waals surface area contributed by atoms with E-state index < -0.39 is 17.3 Å². The lowest BCUT2D eigenvalue weighted by Crippen LogP contribution is -2.42. The van der Waals surface area contributed by atoms with E-state index in [0.717, 1.165) is 27.8 Å². The summed E-state index contributed by atoms with van der Waals surface area (Å²) in [5.41, 5.74) is 3.47. The van der Waals surface area contributed by atoms with Gasteiger partial charge in [0.05, 0.1) is 12.0 Å². The molecule has 6 nitrogen and oxygen atoms in total. The molecule has 0 unspecified atom stereocenters. The summed E-state index contributed by atoms with van der Waals surface area (Å²) in [6, 6.07) is 41.4. The highest BCUT2D eigenvalue weighted by Gasteiger charge is 2.39. The minimum Gasteiger partial charge on any atom is -0.463 e. The molecule has 0 aliphatic rings. The molecular formula is C39H33Cl3N2O4. The van der Waals surface area contributed by atoms with Crippen LogP contribution in [0.5, 0.6) is 0 Å². The van der Waals surface area contributed by atoms with Crippen LogP contribution in [0.25, 0.3) is 0 Å². The Hall–Kier alpha value is -4.62. The van der Waals surface area contributed by atoms with Gasteiger partial charge in [-0.1, -0.05) is 132 Å². The number of nitrogens with one attached hydrogen (secondary N) is 2. The smallest absolute Gasteiger partial charge is 0.325 e. The molecule has 2 amide bonds. The molecule has 0 aliphatic heterocycles. The van der Waals surface area contributed by atoms with Crippen LogP contribution in [-0.4, -0.2) is 37.5 Å². The fourth-order valence-corrected chi connectivity index (χ4v) is 6.09. The van der Waals surface area contributed by atoms with Gasteiger partial charge in [-0.05, 0) is 64.2 Å². The van der Waals surface area contributed by atoms with Crippen LogP contribution in [0.15, 0.2) is 133 Å². The van der Waals surface area contributed by atoms with E-state index in [9.17, 15) is 14.4 Å². The van der Waals surface area contributed by atoms with Gasteiger partial charge in [-0.15, -0.1) is 0 Å². The van der Waals surface area contributed by atoms with Crippen molar-refractivity contribution in [2.24, 2.45) is 0 Å². The van der Waals surface area contributed by atoms with E-state index in [1.807, 2.05) is 97.1 Å². The number of carbonyl (C=O) groups excluding carboxylic acids is 3. The Bertz CT molecular complexity index is 1670. The first-order chi connectivity index (χ1) is 23.2. The summed E-state index contributed by atoms with van der Waals surface area (Å²) in [6.07, 6.45) is -0.0480. The molecule has 0 atom stereocenters. The first-order valence-electron chi connectivity index (χ1n) is 15.3. The molecule has 0 bridgehead atoms. The van der Waals surface area contributed by atoms with Crippen molar-refractivity contribution in [1.29, 1.82) is 0 Å². The van der Waals surface area contributed by atoms with Crippen molar-refractivity contribution < 1.29 is 19.1 Å². The summed E-state index contributed by atoms with van der Waals surface area (Å²) in [5.74, 6) is -1.66. The molecule has 0 fully saturated rings. The molecule has 0 radical (unpaired) electrons. The first kappa shape index (κ1) is 34.7. The maximum atomic E-state index is 13.6. The van der Waals surface area contributed by atoms with E-state index in [1.54, 1.807) is 36.4 Å². The van der Waals surface area contributed by atoms with Gasteiger partial charge in [-0.2, -0.15) is 0 Å². The Morgan fingerprint density at radius 2 is 0.938 bits per heavy atom. The van der Waals surface area contributed by atoms with Crippen LogP contribution in [0.2, 0.25) is 15.1 Å². The summed E-state index contributed by atoms with van der Waals surface area (Å²) in [7, 11) is 0. The molecule has 0 aliphatic carbocycles. The largest absolute Gasteiger partial charge is 0.463 e. The number of carbonyl (C=O) groups is 3. The lowest BCUT2D eigenvalue weighted by molar-refractivity contribution is -0.144. The zero-order chi connectivity index (χ0) is 33.9. The number of hydrogen-bond acceptors (Lipinski definition) is 4. The molecule has 0 saturated heterocycles. The van der Waals surface area contributed by atoms with Crippen molar-refractivity contribution in [3.63, 3.8) is 0 Å². The van der Waals surface area contributed by atoms with Gasteiger partial charge < -0.3 is 15.4 Å². The van der Waals surface area contributed by atoms with Crippen molar-refractivity contribution in [2.45, 2.75) is 17.8 Å². The third-order valence-corrected chi connectivity index (χ3v) is 8.88. The second kappa shape index (κ2) is 16.5. The van der Waals surface area contributed by atoms with E-state index in [1.165, 1.54) is 0 Å². The van der Waals surface area contributed by atoms with Crippen LogP contribution < -0.4 is 10.6 Å². The minimum atomic E-state index is -0.974. The topological polar surface area (TPSA) is 84.5 Å². The molecule has 0 saturated carbocycles. The third kappa shape index (κ3) is 8.84. The number of ether oxygens (including phenoxy) is 1. The Labute approximate surface area is 295 Å². The van der Waals surface area contributed by atoms with Crippen LogP contribution in [0.3, 0.4) is 0 Å². The van der Waals surface area contributed by atoms with E-state index in [4.69, 9.17) is 39.5 Å². The SMILES string of the molecule is O=C(CNC(=O)CC(c1ccc(Cl)cc1)(c1ccc(Cl)cc1)c1ccc(Cl)cc1)NCC(=O)OCC(c1ccccc1)c1ccccc1. The molecule has 5 aromatic carbocycles. The fourth-order valence-electron chi connectivity index (χ4n) is 5.71. The highest BCUT2D eigenvalue weighted by atomic mass is 35.5. The predicted molar refractivity (Wildman–Crippen MR) is 191 cm³/mol. The average molecular weight is 700 g/mol. The standard InChI is InChI=1S/C39H33Cl3N2O4/c40-32-17-11-29(12-18-32)39(30-13-19-33(41)20-14-30,31-15-21-34(42)22-16-31)23-36(45)43-24-37(46)44-25-38(47)48-26-35(27-7-3-1-4-8-27)28-9-5-2-6-10-28/h1-22,35H,23-26H2,(H,43,45)(H,44,46). The Kier molecular flexibility index (Phi) is 11.9. The van der Waals surface area contributed by atoms with E-state index in [-0.39, 0.29) is 37.9 Å². The number of hydrogen-bond donors (Lipinski definition) is 2. The van der Waals surface area contributed by atoms with E-state index >= 15 is 0 Å². The number of esters is 1. The molecule has 0 heterocycles. The Morgan fingerprint density at radius 3 is 1.35 bits per heavy atom. The Morgan fingerprint density at radius 1 is 0.542 bits per heavy atom. The van der Waals surface area contributed by atoms with Crippen LogP contribution >= 0.6 is 34.8 Å². The lowest BCUT2D eigenvalue weighted by atomic mass is 9.67. The molecule has 0 spiro atoms. The summed E-state index contributed by atoms with van der Waals surface area (Å²) < 4.78 is 5.56. The number of amides is 2. The Balaban J connectivity index is 1.24. The maximum Gasteiger partial charge on any atom is 0.325 e. The molecule has 244 valence electrons. The summed E-state index contributed by atoms with van der Waals surface area (Å²) in [4.78, 5) is 39.0. The number of halogens is 3. The van der Waals surface area contributed by atoms with Gasteiger partial charge in [0.25, 0.3) is 0 Å². The average Bonchev–Trinajstić information content (AvgIpc) is 3.11. The zero-order valence-electron chi connectivity index (χ0n) is 25.9. The van der Waals surface area contributed by atoms with E-state index in [2.05, 4.69) is 10.6 Å². The third-order valence-electron chi connectivity index (χ3n) is 8.13. The summed E-state index contributed by atoms with van der Waals surface area (Å²) in [6.45, 7) is -0.558. The van der Waals surface area contributed by atoms with Crippen molar-refractivity contribution >= 4 is 52.6 Å². The van der Waals surface area contributed by atoms with Gasteiger partial charge in [0.15, 0.2) is 0 Å². The predicted octanol–water partition coefficient (Wildman–Crippen LogP) is 7.98. The number of rotatable bonds is 13. The van der Waals surface area contributed by atoms with Crippen LogP contribution in [-0.2, 0) is 24.5 Å². The van der Waals surface area contributed by atoms with Gasteiger partial charge in [0, 0.05) is 27.4 Å². The van der Waals surface area contributed by atoms with Gasteiger partial charge in [0.2, 0.25) is 11.8 Å². The highest BCUT2D eigenvalue weighted by Crippen LogP contribution is 2.43.